The molecule has 0 unspecified atom stereocenters. The number of benzene rings is 2. The third kappa shape index (κ3) is 5.53. The van der Waals surface area contributed by atoms with Crippen LogP contribution in [0.2, 0.25) is 0 Å². The highest BCUT2D eigenvalue weighted by Gasteiger charge is 2.20. The van der Waals surface area contributed by atoms with E-state index in [-0.39, 0.29) is 16.7 Å². The lowest BCUT2D eigenvalue weighted by Crippen LogP contribution is -2.23. The lowest BCUT2D eigenvalue weighted by atomic mass is 10.2. The Morgan fingerprint density at radius 2 is 1.86 bits per heavy atom. The number of aromatic nitrogens is 2. The van der Waals surface area contributed by atoms with Gasteiger partial charge in [0.25, 0.3) is 5.22 Å². The summed E-state index contributed by atoms with van der Waals surface area (Å²) in [5.74, 6) is -0.0684. The zero-order valence-corrected chi connectivity index (χ0v) is 15.7. The Balaban J connectivity index is 1.59. The van der Waals surface area contributed by atoms with E-state index in [0.29, 0.717) is 12.3 Å². The van der Waals surface area contributed by atoms with Crippen LogP contribution in [-0.2, 0) is 11.2 Å². The number of thioether (sulfide) groups is 1. The van der Waals surface area contributed by atoms with Gasteiger partial charge in [0.1, 0.15) is 5.75 Å². The molecule has 0 saturated heterocycles. The summed E-state index contributed by atoms with van der Waals surface area (Å²) in [5.41, 5.74) is 1.19. The lowest BCUT2D eigenvalue weighted by Gasteiger charge is -2.13. The summed E-state index contributed by atoms with van der Waals surface area (Å²) in [6.07, 6.45) is 0.493. The van der Waals surface area contributed by atoms with Crippen LogP contribution >= 0.6 is 11.8 Å². The van der Waals surface area contributed by atoms with Crippen molar-refractivity contribution in [3.63, 3.8) is 0 Å². The molecule has 0 spiro atoms. The van der Waals surface area contributed by atoms with E-state index in [1.54, 1.807) is 13.0 Å². The van der Waals surface area contributed by atoms with Crippen molar-refractivity contribution in [3.8, 4) is 5.75 Å². The third-order valence-corrected chi connectivity index (χ3v) is 4.59. The number of nitrogens with one attached hydrogen (secondary N) is 1. The average Bonchev–Trinajstić information content (AvgIpc) is 3.10. The summed E-state index contributed by atoms with van der Waals surface area (Å²) in [5, 5.41) is 10.2. The van der Waals surface area contributed by atoms with Gasteiger partial charge in [0.2, 0.25) is 11.8 Å². The zero-order chi connectivity index (χ0) is 19.9. The first kappa shape index (κ1) is 19.8. The fraction of sp³-hybridized carbons (Fsp3) is 0.211. The smallest absolute Gasteiger partial charge is 0.387 e. The van der Waals surface area contributed by atoms with Crippen LogP contribution in [0.3, 0.4) is 0 Å². The number of anilines is 1. The number of carbonyl (C=O) groups excluding carboxylic acids is 1. The summed E-state index contributed by atoms with van der Waals surface area (Å²) in [6.45, 7) is -1.33. The molecule has 1 N–H and O–H groups in total. The van der Waals surface area contributed by atoms with Crippen LogP contribution in [-0.4, -0.2) is 28.0 Å². The quantitative estimate of drug-likeness (QED) is 0.561. The van der Waals surface area contributed by atoms with E-state index in [2.05, 4.69) is 20.3 Å². The number of hydrogen-bond donors (Lipinski definition) is 1. The summed E-state index contributed by atoms with van der Waals surface area (Å²) in [4.78, 5) is 12.4. The molecule has 0 saturated carbocycles. The summed E-state index contributed by atoms with van der Waals surface area (Å²) < 4.78 is 34.9. The molecule has 2 aromatic carbocycles. The standard InChI is InChI=1S/C19H17F2N3O3S/c1-12(17(25)22-14-9-5-6-10-15(14)26-18(20)21)28-19-24-23-16(27-19)11-13-7-3-2-4-8-13/h2-10,12,18H,11H2,1H3,(H,22,25)/t12-/m1/s1. The van der Waals surface area contributed by atoms with Gasteiger partial charge in [-0.25, -0.2) is 0 Å². The van der Waals surface area contributed by atoms with Gasteiger partial charge in [0.05, 0.1) is 17.4 Å². The second kappa shape index (κ2) is 9.32. The minimum absolute atomic E-state index is 0.106. The van der Waals surface area contributed by atoms with Crippen molar-refractivity contribution < 1.29 is 22.7 Å². The van der Waals surface area contributed by atoms with Crippen LogP contribution in [0.25, 0.3) is 0 Å². The molecule has 1 atom stereocenters. The van der Waals surface area contributed by atoms with Crippen LogP contribution in [0.5, 0.6) is 5.75 Å². The molecule has 0 bridgehead atoms. The Bertz CT molecular complexity index is 922. The highest BCUT2D eigenvalue weighted by Crippen LogP contribution is 2.28. The molecule has 0 aliphatic carbocycles. The fourth-order valence-corrected chi connectivity index (χ4v) is 3.04. The normalized spacial score (nSPS) is 12.0. The van der Waals surface area contributed by atoms with Crippen molar-refractivity contribution in [1.29, 1.82) is 0 Å². The van der Waals surface area contributed by atoms with E-state index in [9.17, 15) is 13.6 Å². The molecule has 6 nitrogen and oxygen atoms in total. The van der Waals surface area contributed by atoms with E-state index in [1.807, 2.05) is 30.3 Å². The van der Waals surface area contributed by atoms with Gasteiger partial charge in [-0.15, -0.1) is 10.2 Å². The van der Waals surface area contributed by atoms with Crippen LogP contribution in [0.15, 0.2) is 64.2 Å². The van der Waals surface area contributed by atoms with Gasteiger partial charge in [-0.3, -0.25) is 4.79 Å². The number of nitrogens with zero attached hydrogens (tertiary/aromatic N) is 2. The van der Waals surface area contributed by atoms with Gasteiger partial charge in [-0.2, -0.15) is 8.78 Å². The van der Waals surface area contributed by atoms with Crippen molar-refractivity contribution in [2.24, 2.45) is 0 Å². The van der Waals surface area contributed by atoms with Gasteiger partial charge in [-0.05, 0) is 24.6 Å². The molecular formula is C19H17F2N3O3S. The number of alkyl halides is 2. The number of halogens is 2. The van der Waals surface area contributed by atoms with Crippen molar-refractivity contribution in [3.05, 3.63) is 66.1 Å². The Hall–Kier alpha value is -2.94. The number of rotatable bonds is 8. The molecule has 1 amide bonds. The van der Waals surface area contributed by atoms with E-state index >= 15 is 0 Å². The largest absolute Gasteiger partial charge is 0.433 e. The highest BCUT2D eigenvalue weighted by atomic mass is 32.2. The molecule has 1 aromatic heterocycles. The van der Waals surface area contributed by atoms with Crippen LogP contribution in [0, 0.1) is 0 Å². The van der Waals surface area contributed by atoms with Gasteiger partial charge in [-0.1, -0.05) is 54.2 Å². The van der Waals surface area contributed by atoms with Crippen molar-refractivity contribution >= 4 is 23.4 Å². The minimum Gasteiger partial charge on any atom is -0.433 e. The van der Waals surface area contributed by atoms with Crippen molar-refractivity contribution in [1.82, 2.24) is 10.2 Å². The first-order valence-corrected chi connectivity index (χ1v) is 9.27. The Morgan fingerprint density at radius 3 is 2.61 bits per heavy atom. The van der Waals surface area contributed by atoms with Gasteiger partial charge in [0, 0.05) is 0 Å². The molecule has 28 heavy (non-hydrogen) atoms. The van der Waals surface area contributed by atoms with Gasteiger partial charge >= 0.3 is 6.61 Å². The first-order chi connectivity index (χ1) is 13.5. The maximum Gasteiger partial charge on any atom is 0.387 e. The maximum absolute atomic E-state index is 12.5. The van der Waals surface area contributed by atoms with E-state index in [1.165, 1.54) is 18.2 Å². The van der Waals surface area contributed by atoms with E-state index in [0.717, 1.165) is 17.3 Å². The predicted octanol–water partition coefficient (Wildman–Crippen LogP) is 4.38. The molecule has 1 heterocycles. The molecule has 0 fully saturated rings. The summed E-state index contributed by atoms with van der Waals surface area (Å²) >= 11 is 1.08. The molecule has 146 valence electrons. The molecule has 9 heteroatoms. The Morgan fingerprint density at radius 1 is 1.14 bits per heavy atom. The SMILES string of the molecule is C[C@@H](Sc1nnc(Cc2ccccc2)o1)C(=O)Nc1ccccc1OC(F)F. The first-order valence-electron chi connectivity index (χ1n) is 8.39. The third-order valence-electron chi connectivity index (χ3n) is 3.65. The zero-order valence-electron chi connectivity index (χ0n) is 14.8. The van der Waals surface area contributed by atoms with Crippen LogP contribution in [0.4, 0.5) is 14.5 Å². The van der Waals surface area contributed by atoms with E-state index in [4.69, 9.17) is 4.42 Å². The lowest BCUT2D eigenvalue weighted by molar-refractivity contribution is -0.115. The maximum atomic E-state index is 12.5. The monoisotopic (exact) mass is 405 g/mol. The number of para-hydroxylation sites is 2. The topological polar surface area (TPSA) is 77.2 Å². The van der Waals surface area contributed by atoms with Gasteiger partial charge < -0.3 is 14.5 Å². The summed E-state index contributed by atoms with van der Waals surface area (Å²) in [7, 11) is 0. The Labute approximate surface area is 164 Å². The molecular weight excluding hydrogens is 388 g/mol. The molecule has 0 aliphatic heterocycles. The van der Waals surface area contributed by atoms with Crippen LogP contribution < -0.4 is 10.1 Å². The average molecular weight is 405 g/mol. The Kier molecular flexibility index (Phi) is 6.59. The minimum atomic E-state index is -2.98. The molecule has 0 aliphatic rings. The van der Waals surface area contributed by atoms with Gasteiger partial charge in [0.15, 0.2) is 0 Å². The summed E-state index contributed by atoms with van der Waals surface area (Å²) in [6, 6.07) is 15.6. The number of ether oxygens (including phenoxy) is 1. The second-order valence-corrected chi connectivity index (χ2v) is 7.04. The van der Waals surface area contributed by atoms with Crippen molar-refractivity contribution in [2.45, 2.75) is 30.4 Å². The van der Waals surface area contributed by atoms with Crippen molar-refractivity contribution in [2.75, 3.05) is 5.32 Å². The fourth-order valence-electron chi connectivity index (χ4n) is 2.34. The molecule has 3 rings (SSSR count). The number of amides is 1. The van der Waals surface area contributed by atoms with Crippen LogP contribution in [0.1, 0.15) is 18.4 Å². The molecule has 3 aromatic rings. The number of hydrogen-bond acceptors (Lipinski definition) is 6. The predicted molar refractivity (Wildman–Crippen MR) is 101 cm³/mol. The second-order valence-electron chi connectivity index (χ2n) is 5.75. The highest BCUT2D eigenvalue weighted by molar-refractivity contribution is 8.00. The van der Waals surface area contributed by atoms with E-state index < -0.39 is 17.8 Å². The number of carbonyl (C=O) groups is 1. The molecule has 0 radical (unpaired) electrons.